The van der Waals surface area contributed by atoms with Crippen LogP contribution in [-0.2, 0) is 14.8 Å². The van der Waals surface area contributed by atoms with Crippen molar-refractivity contribution in [1.29, 1.82) is 0 Å². The van der Waals surface area contributed by atoms with Crippen molar-refractivity contribution in [3.63, 3.8) is 0 Å². The zero-order chi connectivity index (χ0) is 9.35. The second-order valence-electron chi connectivity index (χ2n) is 2.03. The fraction of sp³-hybridized carbons (Fsp3) is 0.200. The van der Waals surface area contributed by atoms with Crippen molar-refractivity contribution < 1.29 is 18.3 Å². The lowest BCUT2D eigenvalue weighted by molar-refractivity contribution is -0.131. The first-order valence-electron chi connectivity index (χ1n) is 2.86. The van der Waals surface area contributed by atoms with Crippen LogP contribution in [0.4, 0.5) is 0 Å². The van der Waals surface area contributed by atoms with E-state index in [2.05, 4.69) is 17.0 Å². The number of aliphatic carboxylic acids is 1. The number of thiol groups is 1. The minimum Gasteiger partial charge on any atom is -0.477 e. The molecule has 0 aromatic carbocycles. The maximum atomic E-state index is 10.9. The van der Waals surface area contributed by atoms with Gasteiger partial charge in [-0.25, -0.2) is 4.79 Å². The Balaban J connectivity index is 3.33. The predicted octanol–water partition coefficient (Wildman–Crippen LogP) is -0.331. The first kappa shape index (κ1) is 9.27. The minimum absolute atomic E-state index is 0.0460. The summed E-state index contributed by atoms with van der Waals surface area (Å²) in [6.07, 6.45) is 1.01. The molecule has 0 amide bonds. The van der Waals surface area contributed by atoms with Gasteiger partial charge in [-0.1, -0.05) is 0 Å². The summed E-state index contributed by atoms with van der Waals surface area (Å²) >= 11 is 3.77. The van der Waals surface area contributed by atoms with Crippen LogP contribution in [0.1, 0.15) is 0 Å². The topological polar surface area (TPSA) is 83.8 Å². The van der Waals surface area contributed by atoms with Gasteiger partial charge in [0.25, 0.3) is 10.0 Å². The van der Waals surface area contributed by atoms with Gasteiger partial charge < -0.3 is 5.11 Å². The number of hydrogen-bond donors (Lipinski definition) is 2. The molecular formula is C5H5NO4S2. The third kappa shape index (κ3) is 1.37. The molecule has 0 fully saturated rings. The van der Waals surface area contributed by atoms with Crippen LogP contribution in [0.25, 0.3) is 0 Å². The third-order valence-electron chi connectivity index (χ3n) is 1.26. The van der Waals surface area contributed by atoms with Gasteiger partial charge in [0.05, 0.1) is 0 Å². The van der Waals surface area contributed by atoms with Crippen molar-refractivity contribution >= 4 is 34.8 Å². The summed E-state index contributed by atoms with van der Waals surface area (Å²) in [5.74, 6) is -1.44. The lowest BCUT2D eigenvalue weighted by atomic mass is 10.3. The molecule has 7 heteroatoms. The lowest BCUT2D eigenvalue weighted by Gasteiger charge is -1.94. The number of carboxylic acid groups (broad SMARTS) is 1. The number of carboxylic acids is 1. The molecule has 1 aliphatic heterocycles. The van der Waals surface area contributed by atoms with Crippen molar-refractivity contribution in [3.05, 3.63) is 10.5 Å². The van der Waals surface area contributed by atoms with Crippen LogP contribution >= 0.6 is 12.6 Å². The molecule has 1 heterocycles. The Labute approximate surface area is 74.3 Å². The maximum Gasteiger partial charge on any atom is 0.349 e. The van der Waals surface area contributed by atoms with Crippen molar-refractivity contribution in [2.24, 2.45) is 4.40 Å². The van der Waals surface area contributed by atoms with Crippen LogP contribution in [0.2, 0.25) is 0 Å². The fourth-order valence-corrected chi connectivity index (χ4v) is 2.17. The van der Waals surface area contributed by atoms with Crippen molar-refractivity contribution in [1.82, 2.24) is 0 Å². The van der Waals surface area contributed by atoms with Gasteiger partial charge in [-0.05, 0) is 0 Å². The molecule has 0 saturated carbocycles. The Hall–Kier alpha value is -0.820. The van der Waals surface area contributed by atoms with Crippen LogP contribution in [0.5, 0.6) is 0 Å². The van der Waals surface area contributed by atoms with E-state index >= 15 is 0 Å². The average molecular weight is 207 g/mol. The summed E-state index contributed by atoms with van der Waals surface area (Å²) in [6.45, 7) is 0. The first-order chi connectivity index (χ1) is 5.49. The molecule has 0 aromatic rings. The average Bonchev–Trinajstić information content (AvgIpc) is 2.24. The zero-order valence-corrected chi connectivity index (χ0v) is 7.47. The van der Waals surface area contributed by atoms with E-state index in [0.29, 0.717) is 0 Å². The Morgan fingerprint density at radius 1 is 1.67 bits per heavy atom. The van der Waals surface area contributed by atoms with E-state index in [9.17, 15) is 13.2 Å². The van der Waals surface area contributed by atoms with E-state index < -0.39 is 20.9 Å². The van der Waals surface area contributed by atoms with Gasteiger partial charge >= 0.3 is 5.97 Å². The number of sulfonamides is 1. The molecule has 0 aliphatic carbocycles. The number of nitrogens with zero attached hydrogens (tertiary/aromatic N) is 1. The molecule has 0 aromatic heterocycles. The van der Waals surface area contributed by atoms with Crippen LogP contribution in [-0.4, -0.2) is 31.5 Å². The molecule has 5 nitrogen and oxygen atoms in total. The Kier molecular flexibility index (Phi) is 2.25. The summed E-state index contributed by atoms with van der Waals surface area (Å²) in [6, 6.07) is 0. The Bertz CT molecular complexity index is 378. The van der Waals surface area contributed by atoms with Crippen LogP contribution in [0.15, 0.2) is 14.9 Å². The number of rotatable bonds is 2. The highest BCUT2D eigenvalue weighted by Gasteiger charge is 2.31. The quantitative estimate of drug-likeness (QED) is 0.607. The largest absolute Gasteiger partial charge is 0.477 e. The second-order valence-corrected chi connectivity index (χ2v) is 3.91. The molecule has 0 bridgehead atoms. The molecule has 12 heavy (non-hydrogen) atoms. The molecule has 0 saturated heterocycles. The molecule has 0 spiro atoms. The van der Waals surface area contributed by atoms with Gasteiger partial charge in [-0.3, -0.25) is 0 Å². The molecule has 1 N–H and O–H groups in total. The molecular weight excluding hydrogens is 202 g/mol. The summed E-state index contributed by atoms with van der Waals surface area (Å²) in [5.41, 5.74) is 0.117. The normalized spacial score (nSPS) is 20.1. The van der Waals surface area contributed by atoms with Gasteiger partial charge in [0, 0.05) is 17.5 Å². The van der Waals surface area contributed by atoms with Gasteiger partial charge in [0.15, 0.2) is 4.91 Å². The van der Waals surface area contributed by atoms with E-state index in [4.69, 9.17) is 5.11 Å². The van der Waals surface area contributed by atoms with Crippen LogP contribution in [0, 0.1) is 0 Å². The zero-order valence-electron chi connectivity index (χ0n) is 5.76. The summed E-state index contributed by atoms with van der Waals surface area (Å²) in [4.78, 5) is 9.77. The standard InChI is InChI=1S/C5H5NO4S2/c7-5(8)4-3(2-11)1-6-12(4,9)10/h1,11H,2H2,(H,7,8). The predicted molar refractivity (Wildman–Crippen MR) is 45.9 cm³/mol. The monoisotopic (exact) mass is 207 g/mol. The van der Waals surface area contributed by atoms with Gasteiger partial charge in [0.2, 0.25) is 0 Å². The highest BCUT2D eigenvalue weighted by molar-refractivity contribution is 7.95. The fourth-order valence-electron chi connectivity index (χ4n) is 0.770. The van der Waals surface area contributed by atoms with E-state index in [1.807, 2.05) is 0 Å². The molecule has 1 aliphatic rings. The molecule has 0 radical (unpaired) electrons. The third-order valence-corrected chi connectivity index (χ3v) is 2.94. The highest BCUT2D eigenvalue weighted by Crippen LogP contribution is 2.20. The SMILES string of the molecule is O=C(O)C1=C(CS)C=NS1(=O)=O. The van der Waals surface area contributed by atoms with Gasteiger partial charge in [0.1, 0.15) is 0 Å². The maximum absolute atomic E-state index is 10.9. The van der Waals surface area contributed by atoms with Gasteiger partial charge in [-0.15, -0.1) is 0 Å². The smallest absolute Gasteiger partial charge is 0.349 e. The van der Waals surface area contributed by atoms with E-state index in [0.717, 1.165) is 6.21 Å². The number of hydrogen-bond acceptors (Lipinski definition) is 4. The molecule has 0 atom stereocenters. The lowest BCUT2D eigenvalue weighted by Crippen LogP contribution is -2.10. The van der Waals surface area contributed by atoms with Gasteiger partial charge in [-0.2, -0.15) is 25.4 Å². The molecule has 0 unspecified atom stereocenters. The summed E-state index contributed by atoms with van der Waals surface area (Å²) < 4.78 is 24.9. The van der Waals surface area contributed by atoms with Crippen LogP contribution in [0.3, 0.4) is 0 Å². The first-order valence-corrected chi connectivity index (χ1v) is 4.94. The van der Waals surface area contributed by atoms with Crippen molar-refractivity contribution in [2.75, 3.05) is 5.75 Å². The highest BCUT2D eigenvalue weighted by atomic mass is 32.2. The minimum atomic E-state index is -3.95. The Morgan fingerprint density at radius 2 is 2.25 bits per heavy atom. The Morgan fingerprint density at radius 3 is 2.58 bits per heavy atom. The van der Waals surface area contributed by atoms with E-state index in [-0.39, 0.29) is 11.3 Å². The van der Waals surface area contributed by atoms with Crippen molar-refractivity contribution in [3.8, 4) is 0 Å². The number of carbonyl (C=O) groups is 1. The van der Waals surface area contributed by atoms with E-state index in [1.54, 1.807) is 0 Å². The summed E-state index contributed by atoms with van der Waals surface area (Å²) in [5, 5.41) is 8.50. The van der Waals surface area contributed by atoms with Crippen LogP contribution < -0.4 is 0 Å². The molecule has 66 valence electrons. The summed E-state index contributed by atoms with van der Waals surface area (Å²) in [7, 11) is -3.95. The van der Waals surface area contributed by atoms with Crippen molar-refractivity contribution in [2.45, 2.75) is 0 Å². The molecule has 1 rings (SSSR count). The van der Waals surface area contributed by atoms with E-state index in [1.165, 1.54) is 0 Å². The second kappa shape index (κ2) is 2.91.